The number of imidazole rings is 1. The van der Waals surface area contributed by atoms with Crippen molar-refractivity contribution < 1.29 is 42.9 Å². The summed E-state index contributed by atoms with van der Waals surface area (Å²) in [6.45, 7) is 3.28. The molecule has 0 aliphatic carbocycles. The van der Waals surface area contributed by atoms with E-state index in [2.05, 4.69) is 22.1 Å². The number of para-hydroxylation sites is 1. The predicted molar refractivity (Wildman–Crippen MR) is 180 cm³/mol. The maximum absolute atomic E-state index is 13.1. The molecule has 1 aromatic heterocycles. The zero-order valence-electron chi connectivity index (χ0n) is 27.3. The van der Waals surface area contributed by atoms with Crippen LogP contribution in [0.3, 0.4) is 0 Å². The minimum absolute atomic E-state index is 0.0559. The second kappa shape index (κ2) is 16.8. The Hall–Kier alpha value is -5.39. The molecule has 1 unspecified atom stereocenters. The lowest BCUT2D eigenvalue weighted by molar-refractivity contribution is -0.136. The monoisotopic (exact) mass is 680 g/mol. The minimum Gasteiger partial charge on any atom is -0.491 e. The van der Waals surface area contributed by atoms with Crippen molar-refractivity contribution in [3.8, 4) is 23.3 Å². The molecule has 13 heteroatoms. The number of ether oxygens (including phenoxy) is 5. The molecule has 258 valence electrons. The SMILES string of the molecule is O=C1CCC(N2C(=O)c3cccc(C#CCOCCOCCOCCOCCOc4ccc5c(c4)ncn5-c4ccccc4)c3C2=O)C(=O)N1. The quantitative estimate of drug-likeness (QED) is 0.106. The number of hydrogen-bond acceptors (Lipinski definition) is 10. The number of amides is 4. The van der Waals surface area contributed by atoms with Gasteiger partial charge in [-0.25, -0.2) is 4.98 Å². The van der Waals surface area contributed by atoms with Gasteiger partial charge in [-0.3, -0.25) is 34.0 Å². The molecule has 1 saturated heterocycles. The van der Waals surface area contributed by atoms with Crippen LogP contribution in [0.2, 0.25) is 0 Å². The highest BCUT2D eigenvalue weighted by atomic mass is 16.6. The summed E-state index contributed by atoms with van der Waals surface area (Å²) in [7, 11) is 0. The molecule has 0 radical (unpaired) electrons. The smallest absolute Gasteiger partial charge is 0.263 e. The number of fused-ring (bicyclic) bond motifs is 2. The fourth-order valence-electron chi connectivity index (χ4n) is 5.63. The van der Waals surface area contributed by atoms with Crippen molar-refractivity contribution in [2.45, 2.75) is 18.9 Å². The molecule has 0 saturated carbocycles. The maximum atomic E-state index is 13.1. The lowest BCUT2D eigenvalue weighted by Gasteiger charge is -2.27. The number of imide groups is 2. The van der Waals surface area contributed by atoms with E-state index in [1.165, 1.54) is 6.07 Å². The van der Waals surface area contributed by atoms with Gasteiger partial charge >= 0.3 is 0 Å². The van der Waals surface area contributed by atoms with Gasteiger partial charge in [0.05, 0.1) is 68.4 Å². The topological polar surface area (TPSA) is 148 Å². The third kappa shape index (κ3) is 8.24. The number of aromatic nitrogens is 2. The molecular formula is C37H36N4O9. The van der Waals surface area contributed by atoms with Crippen LogP contribution in [0.1, 0.15) is 39.1 Å². The number of rotatable bonds is 16. The van der Waals surface area contributed by atoms with Crippen LogP contribution < -0.4 is 10.1 Å². The van der Waals surface area contributed by atoms with Crippen LogP contribution in [0.25, 0.3) is 16.7 Å². The van der Waals surface area contributed by atoms with E-state index < -0.39 is 29.7 Å². The highest BCUT2D eigenvalue weighted by Gasteiger charge is 2.45. The summed E-state index contributed by atoms with van der Waals surface area (Å²) in [6.07, 6.45) is 1.95. The minimum atomic E-state index is -1.03. The summed E-state index contributed by atoms with van der Waals surface area (Å²) < 4.78 is 30.0. The van der Waals surface area contributed by atoms with Crippen LogP contribution in [-0.2, 0) is 28.5 Å². The Bertz CT molecular complexity index is 1910. The summed E-state index contributed by atoms with van der Waals surface area (Å²) in [4.78, 5) is 55.3. The first-order valence-corrected chi connectivity index (χ1v) is 16.3. The van der Waals surface area contributed by atoms with Gasteiger partial charge in [0, 0.05) is 23.7 Å². The van der Waals surface area contributed by atoms with Gasteiger partial charge in [-0.15, -0.1) is 0 Å². The van der Waals surface area contributed by atoms with Gasteiger partial charge in [0.1, 0.15) is 31.3 Å². The molecule has 13 nitrogen and oxygen atoms in total. The highest BCUT2D eigenvalue weighted by Crippen LogP contribution is 2.29. The van der Waals surface area contributed by atoms with Crippen LogP contribution in [0.4, 0.5) is 0 Å². The van der Waals surface area contributed by atoms with Crippen LogP contribution >= 0.6 is 0 Å². The van der Waals surface area contributed by atoms with Gasteiger partial charge in [0.25, 0.3) is 11.8 Å². The fourth-order valence-corrected chi connectivity index (χ4v) is 5.63. The molecule has 0 spiro atoms. The molecule has 1 N–H and O–H groups in total. The summed E-state index contributed by atoms with van der Waals surface area (Å²) >= 11 is 0. The Kier molecular flexibility index (Phi) is 11.6. The van der Waals surface area contributed by atoms with E-state index >= 15 is 0 Å². The second-order valence-corrected chi connectivity index (χ2v) is 11.3. The molecule has 50 heavy (non-hydrogen) atoms. The Morgan fingerprint density at radius 1 is 0.780 bits per heavy atom. The fraction of sp³-hybridized carbons (Fsp3) is 0.324. The van der Waals surface area contributed by atoms with Gasteiger partial charge in [-0.2, -0.15) is 0 Å². The van der Waals surface area contributed by atoms with Crippen molar-refractivity contribution in [1.29, 1.82) is 0 Å². The van der Waals surface area contributed by atoms with E-state index in [9.17, 15) is 19.2 Å². The van der Waals surface area contributed by atoms with Gasteiger partial charge in [-0.1, -0.05) is 36.1 Å². The average molecular weight is 681 g/mol. The van der Waals surface area contributed by atoms with Gasteiger partial charge < -0.3 is 23.7 Å². The molecule has 1 fully saturated rings. The largest absolute Gasteiger partial charge is 0.491 e. The Morgan fingerprint density at radius 3 is 2.24 bits per heavy atom. The first kappa shape index (κ1) is 34.5. The number of benzene rings is 3. The average Bonchev–Trinajstić information content (AvgIpc) is 3.66. The number of carbonyl (C=O) groups is 4. The summed E-state index contributed by atoms with van der Waals surface area (Å²) in [6, 6.07) is 19.7. The lowest BCUT2D eigenvalue weighted by atomic mass is 10.0. The second-order valence-electron chi connectivity index (χ2n) is 11.3. The number of carbonyl (C=O) groups excluding carboxylic acids is 4. The van der Waals surface area contributed by atoms with Crippen molar-refractivity contribution in [3.63, 3.8) is 0 Å². The molecule has 6 rings (SSSR count). The highest BCUT2D eigenvalue weighted by molar-refractivity contribution is 6.24. The van der Waals surface area contributed by atoms with Crippen molar-refractivity contribution in [2.75, 3.05) is 59.5 Å². The first-order valence-electron chi connectivity index (χ1n) is 16.3. The molecule has 4 amide bonds. The summed E-state index contributed by atoms with van der Waals surface area (Å²) in [5.41, 5.74) is 3.62. The van der Waals surface area contributed by atoms with Crippen molar-refractivity contribution >= 4 is 34.7 Å². The molecule has 1 atom stereocenters. The number of hydrogen-bond donors (Lipinski definition) is 1. The lowest BCUT2D eigenvalue weighted by Crippen LogP contribution is -2.54. The zero-order valence-corrected chi connectivity index (χ0v) is 27.3. The predicted octanol–water partition coefficient (Wildman–Crippen LogP) is 2.92. The molecule has 3 heterocycles. The van der Waals surface area contributed by atoms with E-state index in [0.717, 1.165) is 27.4 Å². The van der Waals surface area contributed by atoms with Gasteiger partial charge in [0.15, 0.2) is 0 Å². The molecule has 4 aromatic rings. The molecule has 3 aromatic carbocycles. The normalized spacial score (nSPS) is 15.6. The first-order chi connectivity index (χ1) is 24.5. The van der Waals surface area contributed by atoms with Crippen LogP contribution in [0.5, 0.6) is 5.75 Å². The van der Waals surface area contributed by atoms with E-state index in [1.807, 2.05) is 53.1 Å². The van der Waals surface area contributed by atoms with E-state index in [4.69, 9.17) is 23.7 Å². The molecule has 0 bridgehead atoms. The van der Waals surface area contributed by atoms with Gasteiger partial charge in [-0.05, 0) is 42.8 Å². The molecule has 2 aliphatic heterocycles. The molecular weight excluding hydrogens is 644 g/mol. The van der Waals surface area contributed by atoms with Crippen LogP contribution in [0.15, 0.2) is 73.1 Å². The molecule has 2 aliphatic rings. The summed E-state index contributed by atoms with van der Waals surface area (Å²) in [5.74, 6) is 4.23. The van der Waals surface area contributed by atoms with Crippen LogP contribution in [-0.4, -0.2) is 104 Å². The van der Waals surface area contributed by atoms with E-state index in [-0.39, 0.29) is 30.6 Å². The number of piperidine rings is 1. The zero-order chi connectivity index (χ0) is 34.7. The third-order valence-corrected chi connectivity index (χ3v) is 8.03. The maximum Gasteiger partial charge on any atom is 0.263 e. The van der Waals surface area contributed by atoms with Crippen molar-refractivity contribution in [1.82, 2.24) is 19.8 Å². The van der Waals surface area contributed by atoms with Crippen molar-refractivity contribution in [2.24, 2.45) is 0 Å². The standard InChI is InChI=1S/C37H36N4O9/c42-33-14-13-32(35(43)39-33)41-36(44)29-10-4-6-26(34(29)37(41)45)7-5-15-46-16-17-47-18-19-48-20-21-49-22-23-50-28-11-12-31-30(24-28)38-25-40(31)27-8-2-1-3-9-27/h1-4,6,8-12,24-25,32H,13-23H2,(H,39,42,43). The Balaban J connectivity index is 0.796. The van der Waals surface area contributed by atoms with Crippen LogP contribution in [0, 0.1) is 11.8 Å². The summed E-state index contributed by atoms with van der Waals surface area (Å²) in [5, 5.41) is 2.19. The number of nitrogens with one attached hydrogen (secondary N) is 1. The number of nitrogens with zero attached hydrogens (tertiary/aromatic N) is 3. The van der Waals surface area contributed by atoms with Gasteiger partial charge in [0.2, 0.25) is 11.8 Å². The Morgan fingerprint density at radius 2 is 1.50 bits per heavy atom. The Labute approximate surface area is 288 Å². The van der Waals surface area contributed by atoms with E-state index in [1.54, 1.807) is 18.5 Å². The van der Waals surface area contributed by atoms with E-state index in [0.29, 0.717) is 58.4 Å². The van der Waals surface area contributed by atoms with Crippen molar-refractivity contribution in [3.05, 3.63) is 89.7 Å². The third-order valence-electron chi connectivity index (χ3n) is 8.03.